The maximum atomic E-state index is 4.62. The van der Waals surface area contributed by atoms with Crippen LogP contribution in [0.4, 0.5) is 0 Å². The Balaban J connectivity index is 2.08. The Labute approximate surface area is 119 Å². The predicted octanol–water partition coefficient (Wildman–Crippen LogP) is 2.69. The van der Waals surface area contributed by atoms with Crippen LogP contribution in [0.15, 0.2) is 24.7 Å². The third kappa shape index (κ3) is 2.22. The van der Waals surface area contributed by atoms with Crippen LogP contribution in [0.25, 0.3) is 11.4 Å². The van der Waals surface area contributed by atoms with Crippen LogP contribution in [0, 0.1) is 0 Å². The van der Waals surface area contributed by atoms with E-state index < -0.39 is 0 Å². The molecule has 0 radical (unpaired) electrons. The second kappa shape index (κ2) is 5.32. The molecule has 2 aromatic rings. The first-order valence-electron chi connectivity index (χ1n) is 7.23. The van der Waals surface area contributed by atoms with E-state index in [1.807, 2.05) is 16.9 Å². The number of rotatable bonds is 3. The monoisotopic (exact) mass is 271 g/mol. The molecule has 5 nitrogen and oxygen atoms in total. The maximum absolute atomic E-state index is 4.62. The second-order valence-electron chi connectivity index (χ2n) is 5.68. The van der Waals surface area contributed by atoms with E-state index in [0.29, 0.717) is 12.1 Å². The molecule has 0 unspecified atom stereocenters. The first kappa shape index (κ1) is 13.2. The minimum Gasteiger partial charge on any atom is -0.298 e. The van der Waals surface area contributed by atoms with Crippen LogP contribution in [0.3, 0.4) is 0 Å². The molecule has 1 atom stereocenters. The molecule has 1 aliphatic heterocycles. The van der Waals surface area contributed by atoms with Gasteiger partial charge in [0, 0.05) is 24.6 Å². The summed E-state index contributed by atoms with van der Waals surface area (Å²) in [7, 11) is 2.16. The summed E-state index contributed by atoms with van der Waals surface area (Å²) in [5.74, 6) is 0. The Hall–Kier alpha value is -1.75. The highest BCUT2D eigenvalue weighted by molar-refractivity contribution is 5.58. The molecule has 1 saturated heterocycles. The normalized spacial score (nSPS) is 19.9. The number of nitrogens with zero attached hydrogens (tertiary/aromatic N) is 5. The van der Waals surface area contributed by atoms with Crippen LogP contribution in [0.2, 0.25) is 0 Å². The largest absolute Gasteiger partial charge is 0.298 e. The van der Waals surface area contributed by atoms with Crippen molar-refractivity contribution in [3.05, 3.63) is 30.4 Å². The van der Waals surface area contributed by atoms with Crippen molar-refractivity contribution in [3.8, 4) is 11.4 Å². The van der Waals surface area contributed by atoms with Crippen molar-refractivity contribution in [2.45, 2.75) is 38.8 Å². The fraction of sp³-hybridized carbons (Fsp3) is 0.533. The number of hydrogen-bond donors (Lipinski definition) is 0. The third-order valence-electron chi connectivity index (χ3n) is 3.96. The standard InChI is InChI=1S/C15H21N5/c1-11(2)20-13(6-7-18-20)15-14(16-8-9-17-15)12-5-4-10-19(12)3/h6-9,11-12H,4-5,10H2,1-3H3/t12-/m1/s1. The molecule has 106 valence electrons. The van der Waals surface area contributed by atoms with Crippen molar-refractivity contribution in [1.29, 1.82) is 0 Å². The summed E-state index contributed by atoms with van der Waals surface area (Å²) >= 11 is 0. The van der Waals surface area contributed by atoms with E-state index in [0.717, 1.165) is 30.0 Å². The summed E-state index contributed by atoms with van der Waals surface area (Å²) in [5, 5.41) is 4.41. The highest BCUT2D eigenvalue weighted by Crippen LogP contribution is 2.34. The zero-order valence-electron chi connectivity index (χ0n) is 12.3. The summed E-state index contributed by atoms with van der Waals surface area (Å²) < 4.78 is 2.02. The van der Waals surface area contributed by atoms with Crippen molar-refractivity contribution in [2.24, 2.45) is 0 Å². The quantitative estimate of drug-likeness (QED) is 0.861. The van der Waals surface area contributed by atoms with E-state index in [1.54, 1.807) is 12.4 Å². The second-order valence-corrected chi connectivity index (χ2v) is 5.68. The molecule has 20 heavy (non-hydrogen) atoms. The lowest BCUT2D eigenvalue weighted by Crippen LogP contribution is -2.20. The summed E-state index contributed by atoms with van der Waals surface area (Å²) in [6.45, 7) is 5.40. The fourth-order valence-corrected chi connectivity index (χ4v) is 2.96. The molecule has 5 heteroatoms. The van der Waals surface area contributed by atoms with Crippen molar-refractivity contribution >= 4 is 0 Å². The molecule has 2 aromatic heterocycles. The summed E-state index contributed by atoms with van der Waals surface area (Å²) in [4.78, 5) is 11.6. The highest BCUT2D eigenvalue weighted by atomic mass is 15.3. The molecule has 1 aliphatic rings. The van der Waals surface area contributed by atoms with Crippen LogP contribution in [-0.2, 0) is 0 Å². The molecule has 0 N–H and O–H groups in total. The van der Waals surface area contributed by atoms with Gasteiger partial charge in [-0.2, -0.15) is 5.10 Å². The average molecular weight is 271 g/mol. The molecule has 0 amide bonds. The minimum absolute atomic E-state index is 0.316. The van der Waals surface area contributed by atoms with Gasteiger partial charge >= 0.3 is 0 Å². The molecule has 0 spiro atoms. The topological polar surface area (TPSA) is 46.8 Å². The predicted molar refractivity (Wildman–Crippen MR) is 78.2 cm³/mol. The van der Waals surface area contributed by atoms with Gasteiger partial charge in [0.1, 0.15) is 5.69 Å². The van der Waals surface area contributed by atoms with Gasteiger partial charge in [0.15, 0.2) is 0 Å². The first-order chi connectivity index (χ1) is 9.68. The van der Waals surface area contributed by atoms with Crippen molar-refractivity contribution in [3.63, 3.8) is 0 Å². The van der Waals surface area contributed by atoms with Gasteiger partial charge in [0.25, 0.3) is 0 Å². The SMILES string of the molecule is CC(C)n1nccc1-c1nccnc1[C@H]1CCCN1C. The van der Waals surface area contributed by atoms with Gasteiger partial charge in [-0.05, 0) is 46.3 Å². The molecular weight excluding hydrogens is 250 g/mol. The van der Waals surface area contributed by atoms with Crippen LogP contribution in [-0.4, -0.2) is 38.2 Å². The Morgan fingerprint density at radius 2 is 2.00 bits per heavy atom. The van der Waals surface area contributed by atoms with Crippen molar-refractivity contribution in [1.82, 2.24) is 24.6 Å². The molecule has 0 aromatic carbocycles. The number of hydrogen-bond acceptors (Lipinski definition) is 4. The van der Waals surface area contributed by atoms with Gasteiger partial charge in [-0.1, -0.05) is 0 Å². The lowest BCUT2D eigenvalue weighted by atomic mass is 10.1. The smallest absolute Gasteiger partial charge is 0.111 e. The van der Waals surface area contributed by atoms with E-state index in [-0.39, 0.29) is 0 Å². The van der Waals surface area contributed by atoms with Crippen molar-refractivity contribution < 1.29 is 0 Å². The molecular formula is C15H21N5. The first-order valence-corrected chi connectivity index (χ1v) is 7.23. The van der Waals surface area contributed by atoms with Crippen LogP contribution >= 0.6 is 0 Å². The Bertz CT molecular complexity index is 589. The lowest BCUT2D eigenvalue weighted by molar-refractivity contribution is 0.312. The minimum atomic E-state index is 0.316. The van der Waals surface area contributed by atoms with Gasteiger partial charge in [-0.3, -0.25) is 19.5 Å². The summed E-state index contributed by atoms with van der Waals surface area (Å²) in [6, 6.07) is 2.72. The van der Waals surface area contributed by atoms with Crippen molar-refractivity contribution in [2.75, 3.05) is 13.6 Å². The highest BCUT2D eigenvalue weighted by Gasteiger charge is 2.28. The zero-order valence-corrected chi connectivity index (χ0v) is 12.3. The van der Waals surface area contributed by atoms with Gasteiger partial charge in [0.05, 0.1) is 17.4 Å². The summed E-state index contributed by atoms with van der Waals surface area (Å²) in [6.07, 6.45) is 7.78. The molecule has 3 heterocycles. The van der Waals surface area contributed by atoms with Gasteiger partial charge < -0.3 is 0 Å². The average Bonchev–Trinajstić information content (AvgIpc) is 3.07. The van der Waals surface area contributed by atoms with E-state index in [9.17, 15) is 0 Å². The maximum Gasteiger partial charge on any atom is 0.111 e. The zero-order chi connectivity index (χ0) is 14.1. The van der Waals surface area contributed by atoms with Gasteiger partial charge in [-0.25, -0.2) is 0 Å². The molecule has 0 saturated carbocycles. The lowest BCUT2D eigenvalue weighted by Gasteiger charge is -2.21. The van der Waals surface area contributed by atoms with Crippen LogP contribution < -0.4 is 0 Å². The van der Waals surface area contributed by atoms with Gasteiger partial charge in [-0.15, -0.1) is 0 Å². The number of aromatic nitrogens is 4. The molecule has 3 rings (SSSR count). The van der Waals surface area contributed by atoms with E-state index in [4.69, 9.17) is 0 Å². The van der Waals surface area contributed by atoms with Crippen LogP contribution in [0.1, 0.15) is 44.5 Å². The molecule has 1 fully saturated rings. The summed E-state index contributed by atoms with van der Waals surface area (Å²) in [5.41, 5.74) is 3.11. The van der Waals surface area contributed by atoms with E-state index in [2.05, 4.69) is 40.9 Å². The number of likely N-dealkylation sites (tertiary alicyclic amines) is 1. The molecule has 0 bridgehead atoms. The van der Waals surface area contributed by atoms with Gasteiger partial charge in [0.2, 0.25) is 0 Å². The fourth-order valence-electron chi connectivity index (χ4n) is 2.96. The third-order valence-corrected chi connectivity index (χ3v) is 3.96. The molecule has 0 aliphatic carbocycles. The Morgan fingerprint density at radius 3 is 2.70 bits per heavy atom. The van der Waals surface area contributed by atoms with Crippen LogP contribution in [0.5, 0.6) is 0 Å². The Kier molecular flexibility index (Phi) is 3.53. The van der Waals surface area contributed by atoms with E-state index in [1.165, 1.54) is 6.42 Å². The van der Waals surface area contributed by atoms with E-state index >= 15 is 0 Å². The Morgan fingerprint density at radius 1 is 1.20 bits per heavy atom.